The molecule has 0 aliphatic carbocycles. The number of carbonyl (C=O) groups is 3. The van der Waals surface area contributed by atoms with Crippen LogP contribution in [0.15, 0.2) is 12.4 Å². The van der Waals surface area contributed by atoms with Crippen molar-refractivity contribution in [3.63, 3.8) is 0 Å². The summed E-state index contributed by atoms with van der Waals surface area (Å²) in [7, 11) is 0. The lowest BCUT2D eigenvalue weighted by Crippen LogP contribution is -2.46. The Labute approximate surface area is 121 Å². The van der Waals surface area contributed by atoms with E-state index >= 15 is 0 Å². The summed E-state index contributed by atoms with van der Waals surface area (Å²) in [5.41, 5.74) is 6.24. The van der Waals surface area contributed by atoms with Crippen LogP contribution in [0, 0.1) is 6.92 Å². The number of hydrogen-bond donors (Lipinski definition) is 4. The second kappa shape index (κ2) is 7.78. The fourth-order valence-corrected chi connectivity index (χ4v) is 1.43. The lowest BCUT2D eigenvalue weighted by molar-refractivity contribution is -0.139. The van der Waals surface area contributed by atoms with Crippen molar-refractivity contribution in [2.24, 2.45) is 5.73 Å². The predicted octanol–water partition coefficient (Wildman–Crippen LogP) is -0.697. The van der Waals surface area contributed by atoms with Gasteiger partial charge in [0.05, 0.1) is 24.1 Å². The van der Waals surface area contributed by atoms with Crippen molar-refractivity contribution in [2.75, 3.05) is 0 Å². The van der Waals surface area contributed by atoms with Gasteiger partial charge in [0.25, 0.3) is 0 Å². The quantitative estimate of drug-likeness (QED) is 0.523. The lowest BCUT2D eigenvalue weighted by atomic mass is 10.1. The van der Waals surface area contributed by atoms with Crippen molar-refractivity contribution >= 4 is 17.9 Å². The molecule has 5 N–H and O–H groups in total. The van der Waals surface area contributed by atoms with Crippen LogP contribution in [0.2, 0.25) is 0 Å². The van der Waals surface area contributed by atoms with Crippen molar-refractivity contribution in [1.82, 2.24) is 20.6 Å². The Kier molecular flexibility index (Phi) is 6.05. The average Bonchev–Trinajstić information content (AvgIpc) is 2.42. The van der Waals surface area contributed by atoms with E-state index in [1.165, 1.54) is 6.20 Å². The molecule has 1 atom stereocenters. The number of nitrogens with zero attached hydrogens (tertiary/aromatic N) is 2. The van der Waals surface area contributed by atoms with E-state index in [0.29, 0.717) is 5.69 Å². The van der Waals surface area contributed by atoms with Gasteiger partial charge in [-0.1, -0.05) is 0 Å². The number of carbonyl (C=O) groups excluding carboxylic acids is 2. The number of aromatic nitrogens is 2. The topological polar surface area (TPSA) is 147 Å². The molecule has 0 aromatic carbocycles. The summed E-state index contributed by atoms with van der Waals surface area (Å²) in [5, 5.41) is 13.6. The van der Waals surface area contributed by atoms with Crippen LogP contribution in [0.3, 0.4) is 0 Å². The van der Waals surface area contributed by atoms with Crippen LogP contribution in [0.4, 0.5) is 4.79 Å². The molecule has 21 heavy (non-hydrogen) atoms. The molecule has 0 radical (unpaired) electrons. The van der Waals surface area contributed by atoms with Gasteiger partial charge in [0.2, 0.25) is 5.91 Å². The lowest BCUT2D eigenvalue weighted by Gasteiger charge is -2.14. The summed E-state index contributed by atoms with van der Waals surface area (Å²) in [6, 6.07) is -1.85. The molecule has 0 aliphatic rings. The van der Waals surface area contributed by atoms with Crippen LogP contribution in [-0.4, -0.2) is 39.0 Å². The van der Waals surface area contributed by atoms with E-state index in [-0.39, 0.29) is 19.4 Å². The van der Waals surface area contributed by atoms with Gasteiger partial charge in [-0.05, 0) is 13.3 Å². The van der Waals surface area contributed by atoms with E-state index in [9.17, 15) is 14.4 Å². The standard InChI is InChI=1S/C12H17N5O4/c1-7-4-15-8(5-14-7)6-16-12(21)17-9(11(19)20)2-3-10(13)18/h4-5,9H,2-3,6H2,1H3,(H2,13,18)(H,19,20)(H2,16,17,21)/t9-/m1/s1. The first-order valence-corrected chi connectivity index (χ1v) is 6.21. The zero-order valence-electron chi connectivity index (χ0n) is 11.5. The normalized spacial score (nSPS) is 11.5. The summed E-state index contributed by atoms with van der Waals surface area (Å²) in [4.78, 5) is 41.2. The predicted molar refractivity (Wildman–Crippen MR) is 72.0 cm³/mol. The maximum absolute atomic E-state index is 11.6. The number of nitrogens with two attached hydrogens (primary N) is 1. The number of carboxylic acids is 1. The maximum atomic E-state index is 11.6. The number of hydrogen-bond acceptors (Lipinski definition) is 5. The van der Waals surface area contributed by atoms with Crippen molar-refractivity contribution in [3.8, 4) is 0 Å². The van der Waals surface area contributed by atoms with Crippen LogP contribution < -0.4 is 16.4 Å². The molecule has 1 aromatic rings. The minimum absolute atomic E-state index is 0.0670. The molecule has 1 heterocycles. The average molecular weight is 295 g/mol. The summed E-state index contributed by atoms with van der Waals surface area (Å²) >= 11 is 0. The van der Waals surface area contributed by atoms with Crippen molar-refractivity contribution < 1.29 is 19.5 Å². The fourth-order valence-electron chi connectivity index (χ4n) is 1.43. The Morgan fingerprint density at radius 2 is 2.05 bits per heavy atom. The first-order chi connectivity index (χ1) is 9.88. The monoisotopic (exact) mass is 295 g/mol. The van der Waals surface area contributed by atoms with Gasteiger partial charge in [0.1, 0.15) is 6.04 Å². The van der Waals surface area contributed by atoms with Crippen LogP contribution in [0.25, 0.3) is 0 Å². The van der Waals surface area contributed by atoms with E-state index in [2.05, 4.69) is 20.6 Å². The van der Waals surface area contributed by atoms with E-state index in [1.54, 1.807) is 13.1 Å². The molecule has 3 amide bonds. The molecule has 0 aliphatic heterocycles. The highest BCUT2D eigenvalue weighted by atomic mass is 16.4. The minimum atomic E-state index is -1.23. The van der Waals surface area contributed by atoms with Crippen LogP contribution >= 0.6 is 0 Å². The number of primary amides is 1. The zero-order valence-corrected chi connectivity index (χ0v) is 11.5. The third-order valence-corrected chi connectivity index (χ3v) is 2.55. The number of amides is 3. The Bertz CT molecular complexity index is 517. The summed E-state index contributed by atoms with van der Waals surface area (Å²) < 4.78 is 0. The highest BCUT2D eigenvalue weighted by Crippen LogP contribution is 1.98. The summed E-state index contributed by atoms with van der Waals surface area (Å²) in [5.74, 6) is -1.86. The minimum Gasteiger partial charge on any atom is -0.480 e. The second-order valence-electron chi connectivity index (χ2n) is 4.37. The van der Waals surface area contributed by atoms with Crippen molar-refractivity contribution in [3.05, 3.63) is 23.8 Å². The number of aliphatic carboxylic acids is 1. The summed E-state index contributed by atoms with van der Waals surface area (Å²) in [6.07, 6.45) is 2.88. The largest absolute Gasteiger partial charge is 0.480 e. The van der Waals surface area contributed by atoms with Gasteiger partial charge < -0.3 is 21.5 Å². The number of carboxylic acid groups (broad SMARTS) is 1. The van der Waals surface area contributed by atoms with Gasteiger partial charge in [-0.25, -0.2) is 9.59 Å². The van der Waals surface area contributed by atoms with Gasteiger partial charge in [0, 0.05) is 12.6 Å². The van der Waals surface area contributed by atoms with Crippen molar-refractivity contribution in [1.29, 1.82) is 0 Å². The van der Waals surface area contributed by atoms with Gasteiger partial charge in [0.15, 0.2) is 0 Å². The van der Waals surface area contributed by atoms with Gasteiger partial charge in [-0.15, -0.1) is 0 Å². The Morgan fingerprint density at radius 3 is 2.57 bits per heavy atom. The van der Waals surface area contributed by atoms with E-state index in [4.69, 9.17) is 10.8 Å². The van der Waals surface area contributed by atoms with Gasteiger partial charge in [-0.3, -0.25) is 14.8 Å². The Balaban J connectivity index is 2.44. The molecule has 1 rings (SSSR count). The molecular weight excluding hydrogens is 278 g/mol. The Morgan fingerprint density at radius 1 is 1.33 bits per heavy atom. The van der Waals surface area contributed by atoms with E-state index in [1.807, 2.05) is 0 Å². The molecule has 0 unspecified atom stereocenters. The molecule has 114 valence electrons. The second-order valence-corrected chi connectivity index (χ2v) is 4.37. The first-order valence-electron chi connectivity index (χ1n) is 6.21. The van der Waals surface area contributed by atoms with E-state index < -0.39 is 23.9 Å². The molecule has 1 aromatic heterocycles. The molecule has 0 spiro atoms. The molecule has 0 bridgehead atoms. The van der Waals surface area contributed by atoms with Gasteiger partial charge >= 0.3 is 12.0 Å². The summed E-state index contributed by atoms with van der Waals surface area (Å²) in [6.45, 7) is 1.90. The van der Waals surface area contributed by atoms with Crippen LogP contribution in [0.1, 0.15) is 24.2 Å². The number of rotatable bonds is 7. The van der Waals surface area contributed by atoms with Crippen LogP contribution in [0.5, 0.6) is 0 Å². The molecule has 9 nitrogen and oxygen atoms in total. The SMILES string of the molecule is Cc1cnc(CNC(=O)N[C@H](CCC(N)=O)C(=O)O)cn1. The van der Waals surface area contributed by atoms with Crippen LogP contribution in [-0.2, 0) is 16.1 Å². The first kappa shape index (κ1) is 16.3. The van der Waals surface area contributed by atoms with Crippen molar-refractivity contribution in [2.45, 2.75) is 32.4 Å². The number of urea groups is 1. The third-order valence-electron chi connectivity index (χ3n) is 2.55. The van der Waals surface area contributed by atoms with Gasteiger partial charge in [-0.2, -0.15) is 0 Å². The molecule has 9 heteroatoms. The third kappa shape index (κ3) is 6.32. The fraction of sp³-hybridized carbons (Fsp3) is 0.417. The number of nitrogens with one attached hydrogen (secondary N) is 2. The molecular formula is C12H17N5O4. The molecule has 0 saturated heterocycles. The highest BCUT2D eigenvalue weighted by molar-refractivity contribution is 5.83. The molecule has 0 fully saturated rings. The number of aryl methyl sites for hydroxylation is 1. The zero-order chi connectivity index (χ0) is 15.8. The Hall–Kier alpha value is -2.71. The highest BCUT2D eigenvalue weighted by Gasteiger charge is 2.20. The van der Waals surface area contributed by atoms with E-state index in [0.717, 1.165) is 5.69 Å². The maximum Gasteiger partial charge on any atom is 0.326 e. The molecule has 0 saturated carbocycles. The smallest absolute Gasteiger partial charge is 0.326 e.